The second kappa shape index (κ2) is 3.75. The topological polar surface area (TPSA) is 87.3 Å². The number of nitrogens with two attached hydrogens (primary N) is 1. The standard InChI is InChI=1S/C11H13N3O3/c12-9(15)10-13-4-7-5-17-11(8(7)14-10)2-1-3-16-6-11/h4H,1-3,5-6H2,(H2,12,15). The molecule has 17 heavy (non-hydrogen) atoms. The summed E-state index contributed by atoms with van der Waals surface area (Å²) in [5.74, 6) is -0.578. The van der Waals surface area contributed by atoms with Gasteiger partial charge < -0.3 is 15.2 Å². The van der Waals surface area contributed by atoms with Gasteiger partial charge in [-0.15, -0.1) is 0 Å². The molecule has 0 aromatic carbocycles. The molecule has 1 unspecified atom stereocenters. The Balaban J connectivity index is 2.04. The third-order valence-electron chi connectivity index (χ3n) is 3.22. The van der Waals surface area contributed by atoms with E-state index in [2.05, 4.69) is 9.97 Å². The predicted molar refractivity (Wildman–Crippen MR) is 57.1 cm³/mol. The third-order valence-corrected chi connectivity index (χ3v) is 3.22. The number of fused-ring (bicyclic) bond motifs is 2. The normalized spacial score (nSPS) is 27.1. The van der Waals surface area contributed by atoms with Crippen molar-refractivity contribution in [1.82, 2.24) is 9.97 Å². The van der Waals surface area contributed by atoms with Gasteiger partial charge in [-0.05, 0) is 12.8 Å². The van der Waals surface area contributed by atoms with Crippen LogP contribution in [-0.4, -0.2) is 29.1 Å². The van der Waals surface area contributed by atoms with Crippen molar-refractivity contribution in [3.8, 4) is 0 Å². The first-order valence-electron chi connectivity index (χ1n) is 5.59. The van der Waals surface area contributed by atoms with Crippen molar-refractivity contribution in [3.63, 3.8) is 0 Å². The lowest BCUT2D eigenvalue weighted by Crippen LogP contribution is -2.36. The molecule has 3 rings (SSSR count). The van der Waals surface area contributed by atoms with Crippen LogP contribution in [0.25, 0.3) is 0 Å². The van der Waals surface area contributed by atoms with Crippen LogP contribution in [0.3, 0.4) is 0 Å². The van der Waals surface area contributed by atoms with E-state index in [9.17, 15) is 4.79 Å². The van der Waals surface area contributed by atoms with Crippen LogP contribution in [0.2, 0.25) is 0 Å². The Morgan fingerprint density at radius 1 is 1.53 bits per heavy atom. The Morgan fingerprint density at radius 3 is 3.12 bits per heavy atom. The van der Waals surface area contributed by atoms with E-state index in [1.165, 1.54) is 0 Å². The molecular weight excluding hydrogens is 222 g/mol. The van der Waals surface area contributed by atoms with Gasteiger partial charge >= 0.3 is 0 Å². The van der Waals surface area contributed by atoms with Crippen LogP contribution in [0.15, 0.2) is 6.20 Å². The summed E-state index contributed by atoms with van der Waals surface area (Å²) >= 11 is 0. The SMILES string of the molecule is NC(=O)c1ncc2c(n1)C1(CCCOC1)OC2. The molecule has 2 N–H and O–H groups in total. The van der Waals surface area contributed by atoms with Gasteiger partial charge in [-0.2, -0.15) is 0 Å². The van der Waals surface area contributed by atoms with E-state index in [4.69, 9.17) is 15.2 Å². The second-order valence-corrected chi connectivity index (χ2v) is 4.37. The monoisotopic (exact) mass is 235 g/mol. The van der Waals surface area contributed by atoms with E-state index >= 15 is 0 Å². The molecule has 6 nitrogen and oxygen atoms in total. The molecule has 0 saturated carbocycles. The van der Waals surface area contributed by atoms with E-state index in [1.807, 2.05) is 0 Å². The molecule has 2 aliphatic heterocycles. The van der Waals surface area contributed by atoms with Crippen LogP contribution in [-0.2, 0) is 21.7 Å². The summed E-state index contributed by atoms with van der Waals surface area (Å²) < 4.78 is 11.3. The van der Waals surface area contributed by atoms with Crippen molar-refractivity contribution >= 4 is 5.91 Å². The lowest BCUT2D eigenvalue weighted by molar-refractivity contribution is -0.127. The maximum atomic E-state index is 11.1. The molecule has 1 atom stereocenters. The quantitative estimate of drug-likeness (QED) is 0.746. The number of carbonyl (C=O) groups is 1. The number of amides is 1. The molecule has 6 heteroatoms. The number of primary amides is 1. The molecular formula is C11H13N3O3. The van der Waals surface area contributed by atoms with Crippen LogP contribution >= 0.6 is 0 Å². The van der Waals surface area contributed by atoms with Gasteiger partial charge in [0.15, 0.2) is 0 Å². The second-order valence-electron chi connectivity index (χ2n) is 4.37. The maximum absolute atomic E-state index is 11.1. The fourth-order valence-corrected chi connectivity index (χ4v) is 2.38. The zero-order valence-corrected chi connectivity index (χ0v) is 9.31. The number of nitrogens with zero attached hydrogens (tertiary/aromatic N) is 2. The molecule has 1 fully saturated rings. The van der Waals surface area contributed by atoms with Gasteiger partial charge in [-0.25, -0.2) is 9.97 Å². The number of ether oxygens (including phenoxy) is 2. The van der Waals surface area contributed by atoms with Gasteiger partial charge in [0, 0.05) is 18.4 Å². The zero-order chi connectivity index (χ0) is 11.9. The van der Waals surface area contributed by atoms with E-state index in [0.717, 1.165) is 30.7 Å². The van der Waals surface area contributed by atoms with Crippen LogP contribution in [0, 0.1) is 0 Å². The number of rotatable bonds is 1. The summed E-state index contributed by atoms with van der Waals surface area (Å²) in [4.78, 5) is 19.3. The van der Waals surface area contributed by atoms with Gasteiger partial charge in [-0.3, -0.25) is 4.79 Å². The summed E-state index contributed by atoms with van der Waals surface area (Å²) in [6.45, 7) is 1.70. The van der Waals surface area contributed by atoms with Crippen molar-refractivity contribution in [1.29, 1.82) is 0 Å². The fraction of sp³-hybridized carbons (Fsp3) is 0.545. The van der Waals surface area contributed by atoms with E-state index in [0.29, 0.717) is 13.2 Å². The lowest BCUT2D eigenvalue weighted by Gasteiger charge is -2.32. The first-order chi connectivity index (χ1) is 8.21. The molecule has 90 valence electrons. The highest BCUT2D eigenvalue weighted by atomic mass is 16.5. The molecule has 1 spiro atoms. The maximum Gasteiger partial charge on any atom is 0.286 e. The Kier molecular flexibility index (Phi) is 2.34. The highest BCUT2D eigenvalue weighted by molar-refractivity contribution is 5.88. The summed E-state index contributed by atoms with van der Waals surface area (Å²) in [7, 11) is 0. The highest BCUT2D eigenvalue weighted by Crippen LogP contribution is 2.40. The van der Waals surface area contributed by atoms with Gasteiger partial charge in [-0.1, -0.05) is 0 Å². The highest BCUT2D eigenvalue weighted by Gasteiger charge is 2.44. The first-order valence-corrected chi connectivity index (χ1v) is 5.59. The van der Waals surface area contributed by atoms with Crippen molar-refractivity contribution in [2.24, 2.45) is 5.73 Å². The molecule has 3 heterocycles. The minimum absolute atomic E-state index is 0.0409. The Morgan fingerprint density at radius 2 is 2.41 bits per heavy atom. The molecule has 1 saturated heterocycles. The molecule has 0 bridgehead atoms. The Bertz CT molecular complexity index is 464. The van der Waals surface area contributed by atoms with Gasteiger partial charge in [0.1, 0.15) is 5.60 Å². The molecule has 0 radical (unpaired) electrons. The fourth-order valence-electron chi connectivity index (χ4n) is 2.38. The van der Waals surface area contributed by atoms with Gasteiger partial charge in [0.2, 0.25) is 5.82 Å². The number of hydrogen-bond acceptors (Lipinski definition) is 5. The Labute approximate surface area is 98.1 Å². The predicted octanol–water partition coefficient (Wildman–Crippen LogP) is 0.111. The van der Waals surface area contributed by atoms with Gasteiger partial charge in [0.05, 0.1) is 18.9 Å². The largest absolute Gasteiger partial charge is 0.378 e. The average Bonchev–Trinajstić information content (AvgIpc) is 2.69. The third kappa shape index (κ3) is 1.60. The molecule has 1 aromatic heterocycles. The van der Waals surface area contributed by atoms with Crippen molar-refractivity contribution in [2.75, 3.05) is 13.2 Å². The summed E-state index contributed by atoms with van der Waals surface area (Å²) in [5.41, 5.74) is 6.37. The number of carbonyl (C=O) groups excluding carboxylic acids is 1. The van der Waals surface area contributed by atoms with Crippen LogP contribution in [0.4, 0.5) is 0 Å². The number of aromatic nitrogens is 2. The van der Waals surface area contributed by atoms with Crippen molar-refractivity contribution in [3.05, 3.63) is 23.3 Å². The minimum Gasteiger partial charge on any atom is -0.378 e. The molecule has 0 aliphatic carbocycles. The van der Waals surface area contributed by atoms with Crippen LogP contribution in [0.5, 0.6) is 0 Å². The summed E-state index contributed by atoms with van der Waals surface area (Å²) in [5, 5.41) is 0. The van der Waals surface area contributed by atoms with Crippen LogP contribution in [0.1, 0.15) is 34.7 Å². The van der Waals surface area contributed by atoms with Gasteiger partial charge in [0.25, 0.3) is 5.91 Å². The zero-order valence-electron chi connectivity index (χ0n) is 9.31. The Hall–Kier alpha value is -1.53. The van der Waals surface area contributed by atoms with Crippen molar-refractivity contribution in [2.45, 2.75) is 25.0 Å². The number of hydrogen-bond donors (Lipinski definition) is 1. The molecule has 1 amide bonds. The van der Waals surface area contributed by atoms with E-state index < -0.39 is 11.5 Å². The first kappa shape index (κ1) is 10.6. The molecule has 2 aliphatic rings. The smallest absolute Gasteiger partial charge is 0.286 e. The van der Waals surface area contributed by atoms with E-state index in [1.54, 1.807) is 6.20 Å². The lowest BCUT2D eigenvalue weighted by atomic mass is 9.92. The summed E-state index contributed by atoms with van der Waals surface area (Å²) in [6, 6.07) is 0. The van der Waals surface area contributed by atoms with Crippen LogP contribution < -0.4 is 5.73 Å². The van der Waals surface area contributed by atoms with Crippen molar-refractivity contribution < 1.29 is 14.3 Å². The summed E-state index contributed by atoms with van der Waals surface area (Å²) in [6.07, 6.45) is 3.40. The van der Waals surface area contributed by atoms with E-state index in [-0.39, 0.29) is 5.82 Å². The minimum atomic E-state index is -0.619. The molecule has 1 aromatic rings. The average molecular weight is 235 g/mol.